The third kappa shape index (κ3) is 2.85. The van der Waals surface area contributed by atoms with Crippen LogP contribution < -0.4 is 4.72 Å². The SMILES string of the molecule is C[S+]([O-])Nc1cc(C2CC2)cn2cc(CN3C(=O)c4ccccc4C3=O)nc12. The number of imide groups is 1. The van der Waals surface area contributed by atoms with E-state index in [1.807, 2.05) is 22.9 Å². The molecule has 0 bridgehead atoms. The molecule has 1 saturated carbocycles. The Hall–Kier alpha value is -2.84. The minimum absolute atomic E-state index is 0.0987. The van der Waals surface area contributed by atoms with Gasteiger partial charge >= 0.3 is 0 Å². The molecular formula is C20H18N4O3S. The first-order valence-corrected chi connectivity index (χ1v) is 10.6. The van der Waals surface area contributed by atoms with Gasteiger partial charge in [-0.25, -0.2) is 9.71 Å². The van der Waals surface area contributed by atoms with Crippen LogP contribution in [-0.4, -0.2) is 36.9 Å². The number of nitrogens with one attached hydrogen (secondary N) is 1. The second-order valence-electron chi connectivity index (χ2n) is 7.22. The number of imidazole rings is 1. The quantitative estimate of drug-likeness (QED) is 0.531. The van der Waals surface area contributed by atoms with E-state index in [0.717, 1.165) is 12.8 Å². The van der Waals surface area contributed by atoms with Crippen LogP contribution in [0.2, 0.25) is 0 Å². The van der Waals surface area contributed by atoms with Crippen LogP contribution in [0.3, 0.4) is 0 Å². The van der Waals surface area contributed by atoms with E-state index in [9.17, 15) is 14.1 Å². The molecule has 1 aliphatic heterocycles. The van der Waals surface area contributed by atoms with Gasteiger partial charge in [-0.15, -0.1) is 0 Å². The van der Waals surface area contributed by atoms with Crippen molar-refractivity contribution in [3.63, 3.8) is 0 Å². The number of hydrogen-bond acceptors (Lipinski definition) is 5. The molecule has 1 aromatic carbocycles. The monoisotopic (exact) mass is 394 g/mol. The smallest absolute Gasteiger partial charge is 0.261 e. The molecule has 1 atom stereocenters. The molecule has 142 valence electrons. The van der Waals surface area contributed by atoms with Crippen LogP contribution in [0, 0.1) is 0 Å². The molecule has 8 heteroatoms. The predicted molar refractivity (Wildman–Crippen MR) is 106 cm³/mol. The third-order valence-electron chi connectivity index (χ3n) is 5.12. The summed E-state index contributed by atoms with van der Waals surface area (Å²) < 4.78 is 16.6. The van der Waals surface area contributed by atoms with E-state index in [1.54, 1.807) is 30.5 Å². The summed E-state index contributed by atoms with van der Waals surface area (Å²) in [5.74, 6) is -0.0778. The summed E-state index contributed by atoms with van der Waals surface area (Å²) in [5.41, 5.74) is 3.95. The van der Waals surface area contributed by atoms with E-state index in [2.05, 4.69) is 9.71 Å². The minimum Gasteiger partial charge on any atom is -0.593 e. The average molecular weight is 394 g/mol. The summed E-state index contributed by atoms with van der Waals surface area (Å²) in [4.78, 5) is 31.0. The van der Waals surface area contributed by atoms with Crippen molar-refractivity contribution in [1.29, 1.82) is 0 Å². The van der Waals surface area contributed by atoms with Crippen LogP contribution in [0.25, 0.3) is 5.65 Å². The van der Waals surface area contributed by atoms with Gasteiger partial charge in [-0.05, 0) is 42.5 Å². The number of pyridine rings is 1. The zero-order chi connectivity index (χ0) is 19.4. The second kappa shape index (κ2) is 6.35. The molecule has 0 spiro atoms. The van der Waals surface area contributed by atoms with Crippen LogP contribution in [0.5, 0.6) is 0 Å². The molecule has 2 aromatic heterocycles. The van der Waals surface area contributed by atoms with Gasteiger partial charge in [0.15, 0.2) is 5.65 Å². The number of hydrogen-bond donors (Lipinski definition) is 1. The topological polar surface area (TPSA) is 89.8 Å². The molecule has 3 heterocycles. The average Bonchev–Trinajstić information content (AvgIpc) is 3.40. The summed E-state index contributed by atoms with van der Waals surface area (Å²) in [6.45, 7) is 0.0987. The molecule has 2 amide bonds. The molecule has 0 saturated heterocycles. The van der Waals surface area contributed by atoms with Crippen molar-refractivity contribution >= 4 is 34.5 Å². The number of nitrogens with zero attached hydrogens (tertiary/aromatic N) is 3. The Morgan fingerprint density at radius 3 is 2.46 bits per heavy atom. The summed E-state index contributed by atoms with van der Waals surface area (Å²) in [5, 5.41) is 0. The number of aromatic nitrogens is 2. The van der Waals surface area contributed by atoms with Crippen molar-refractivity contribution in [2.24, 2.45) is 0 Å². The molecule has 2 aliphatic rings. The highest BCUT2D eigenvalue weighted by atomic mass is 32.2. The lowest BCUT2D eigenvalue weighted by Crippen LogP contribution is -2.29. The molecule has 1 N–H and O–H groups in total. The third-order valence-corrected chi connectivity index (χ3v) is 5.63. The number of amides is 2. The number of carbonyl (C=O) groups excluding carboxylic acids is 2. The van der Waals surface area contributed by atoms with E-state index in [1.165, 1.54) is 10.5 Å². The fraction of sp³-hybridized carbons (Fsp3) is 0.250. The van der Waals surface area contributed by atoms with Crippen LogP contribution >= 0.6 is 0 Å². The number of benzene rings is 1. The summed E-state index contributed by atoms with van der Waals surface area (Å²) in [7, 11) is 0. The van der Waals surface area contributed by atoms with Crippen LogP contribution in [0.1, 0.15) is 50.7 Å². The molecule has 0 radical (unpaired) electrons. The van der Waals surface area contributed by atoms with Gasteiger partial charge in [0.05, 0.1) is 34.7 Å². The maximum Gasteiger partial charge on any atom is 0.261 e. The number of fused-ring (bicyclic) bond motifs is 2. The van der Waals surface area contributed by atoms with Gasteiger partial charge in [0.2, 0.25) is 0 Å². The van der Waals surface area contributed by atoms with Crippen molar-refractivity contribution in [2.75, 3.05) is 11.0 Å². The first kappa shape index (κ1) is 17.3. The van der Waals surface area contributed by atoms with Gasteiger partial charge in [-0.3, -0.25) is 14.5 Å². The number of carbonyl (C=O) groups is 2. The Morgan fingerprint density at radius 2 is 1.86 bits per heavy atom. The van der Waals surface area contributed by atoms with Crippen molar-refractivity contribution in [2.45, 2.75) is 25.3 Å². The Morgan fingerprint density at radius 1 is 1.18 bits per heavy atom. The standard InChI is InChI=1S/C20H18N4O3S/c1-28(27)22-17-8-13(12-6-7-12)9-23-10-14(21-18(17)23)11-24-19(25)15-4-2-3-5-16(15)20(24)26/h2-5,8-10,12,22H,6-7,11H2,1H3. The zero-order valence-electron chi connectivity index (χ0n) is 15.2. The minimum atomic E-state index is -1.23. The van der Waals surface area contributed by atoms with Crippen LogP contribution in [0.15, 0.2) is 42.7 Å². The van der Waals surface area contributed by atoms with E-state index in [-0.39, 0.29) is 18.4 Å². The first-order valence-electron chi connectivity index (χ1n) is 9.08. The Bertz CT molecular complexity index is 1080. The van der Waals surface area contributed by atoms with E-state index in [4.69, 9.17) is 0 Å². The van der Waals surface area contributed by atoms with Crippen molar-refractivity contribution in [3.8, 4) is 0 Å². The highest BCUT2D eigenvalue weighted by Gasteiger charge is 2.35. The molecule has 7 nitrogen and oxygen atoms in total. The molecule has 1 aliphatic carbocycles. The van der Waals surface area contributed by atoms with Gasteiger partial charge < -0.3 is 8.95 Å². The normalized spacial score (nSPS) is 17.3. The molecule has 1 unspecified atom stereocenters. The van der Waals surface area contributed by atoms with Gasteiger partial charge in [-0.2, -0.15) is 0 Å². The highest BCUT2D eigenvalue weighted by Crippen LogP contribution is 2.41. The Kier molecular flexibility index (Phi) is 3.92. The van der Waals surface area contributed by atoms with E-state index >= 15 is 0 Å². The lowest BCUT2D eigenvalue weighted by molar-refractivity contribution is 0.0640. The predicted octanol–water partition coefficient (Wildman–Crippen LogP) is 2.71. The van der Waals surface area contributed by atoms with Gasteiger partial charge in [0.1, 0.15) is 11.9 Å². The van der Waals surface area contributed by atoms with Crippen LogP contribution in [0.4, 0.5) is 5.69 Å². The van der Waals surface area contributed by atoms with Gasteiger partial charge in [-0.1, -0.05) is 12.1 Å². The summed E-state index contributed by atoms with van der Waals surface area (Å²) in [6, 6.07) is 8.83. The van der Waals surface area contributed by atoms with Crippen molar-refractivity contribution in [3.05, 3.63) is 65.1 Å². The first-order chi connectivity index (χ1) is 13.5. The second-order valence-corrected chi connectivity index (χ2v) is 8.34. The fourth-order valence-corrected chi connectivity index (χ4v) is 4.12. The van der Waals surface area contributed by atoms with Crippen molar-refractivity contribution < 1.29 is 14.1 Å². The Balaban J connectivity index is 1.50. The molecule has 3 aromatic rings. The fourth-order valence-electron chi connectivity index (χ4n) is 3.66. The van der Waals surface area contributed by atoms with Crippen molar-refractivity contribution in [1.82, 2.24) is 14.3 Å². The molecular weight excluding hydrogens is 376 g/mol. The number of anilines is 1. The highest BCUT2D eigenvalue weighted by molar-refractivity contribution is 7.92. The maximum absolute atomic E-state index is 12.6. The summed E-state index contributed by atoms with van der Waals surface area (Å²) >= 11 is -1.23. The number of rotatable bonds is 5. The van der Waals surface area contributed by atoms with Gasteiger partial charge in [0.25, 0.3) is 11.8 Å². The zero-order valence-corrected chi connectivity index (χ0v) is 16.0. The van der Waals surface area contributed by atoms with Crippen LogP contribution in [-0.2, 0) is 17.9 Å². The maximum atomic E-state index is 12.6. The molecule has 5 rings (SSSR count). The summed E-state index contributed by atoms with van der Waals surface area (Å²) in [6.07, 6.45) is 7.72. The lowest BCUT2D eigenvalue weighted by Gasteiger charge is -2.11. The Labute approximate surface area is 164 Å². The van der Waals surface area contributed by atoms with Gasteiger partial charge in [0, 0.05) is 12.4 Å². The van der Waals surface area contributed by atoms with E-state index in [0.29, 0.717) is 34.1 Å². The lowest BCUT2D eigenvalue weighted by atomic mass is 10.1. The largest absolute Gasteiger partial charge is 0.593 e. The van der Waals surface area contributed by atoms with E-state index < -0.39 is 11.4 Å². The molecule has 28 heavy (non-hydrogen) atoms. The molecule has 1 fully saturated rings.